The molecule has 0 atom stereocenters. The van der Waals surface area contributed by atoms with E-state index in [1.165, 1.54) is 0 Å². The van der Waals surface area contributed by atoms with Gasteiger partial charge in [0.05, 0.1) is 24.1 Å². The van der Waals surface area contributed by atoms with E-state index in [9.17, 15) is 0 Å². The van der Waals surface area contributed by atoms with Crippen molar-refractivity contribution in [2.45, 2.75) is 6.42 Å². The monoisotopic (exact) mass is 381 g/mol. The van der Waals surface area contributed by atoms with Crippen molar-refractivity contribution in [1.29, 1.82) is 0 Å². The highest BCUT2D eigenvalue weighted by Gasteiger charge is 2.09. The van der Waals surface area contributed by atoms with Crippen LogP contribution < -0.4 is 0 Å². The number of rotatable bonds is 3. The van der Waals surface area contributed by atoms with E-state index in [0.29, 0.717) is 23.9 Å². The number of H-pyrrole nitrogens is 2. The lowest BCUT2D eigenvalue weighted by molar-refractivity contribution is 0.302. The number of hydrogen-bond acceptors (Lipinski definition) is 3. The predicted molar refractivity (Wildman–Crippen MR) is 119 cm³/mol. The van der Waals surface area contributed by atoms with E-state index >= 15 is 0 Å². The second-order valence-electron chi connectivity index (χ2n) is 6.95. The Hall–Kier alpha value is -3.70. The van der Waals surface area contributed by atoms with Gasteiger partial charge in [0.25, 0.3) is 0 Å². The Labute approximate surface area is 169 Å². The van der Waals surface area contributed by atoms with Crippen LogP contribution in [-0.2, 0) is 0 Å². The summed E-state index contributed by atoms with van der Waals surface area (Å²) >= 11 is 0. The summed E-state index contributed by atoms with van der Waals surface area (Å²) < 4.78 is 8.62. The molecule has 0 saturated carbocycles. The van der Waals surface area contributed by atoms with Crippen molar-refractivity contribution in [3.63, 3.8) is 0 Å². The standard InChI is InChI=1S/C24H20N4O/c29-10-2-1-3-16-11-23-14-21-7-6-19(26-21)12-17-4-5-18(25-17)13-20-8-9-22(27-20)15-24(16)28-23/h1,3-9,11-15,25-26,29H,2,10H2/i11D. The van der Waals surface area contributed by atoms with Gasteiger partial charge in [-0.15, -0.1) is 0 Å². The Balaban J connectivity index is 1.79. The van der Waals surface area contributed by atoms with E-state index in [-0.39, 0.29) is 6.61 Å². The lowest BCUT2D eigenvalue weighted by Crippen LogP contribution is -1.82. The third kappa shape index (κ3) is 3.81. The number of allylic oxidation sites excluding steroid dienone is 2. The number of aliphatic hydroxyl groups is 1. The van der Waals surface area contributed by atoms with Crippen molar-refractivity contribution in [3.05, 3.63) is 83.5 Å². The minimum absolute atomic E-state index is 0.0711. The smallest absolute Gasteiger partial charge is 0.0731 e. The fourth-order valence-electron chi connectivity index (χ4n) is 3.37. The number of nitrogens with one attached hydrogen (secondary N) is 2. The Kier molecular flexibility index (Phi) is 4.14. The highest BCUT2D eigenvalue weighted by Crippen LogP contribution is 2.24. The number of aromatic amines is 2. The Morgan fingerprint density at radius 1 is 0.828 bits per heavy atom. The predicted octanol–water partition coefficient (Wildman–Crippen LogP) is 4.96. The summed E-state index contributed by atoms with van der Waals surface area (Å²) in [6.45, 7) is 0.0711. The van der Waals surface area contributed by atoms with Gasteiger partial charge in [-0.2, -0.15) is 0 Å². The maximum atomic E-state index is 9.09. The highest BCUT2D eigenvalue weighted by atomic mass is 16.2. The van der Waals surface area contributed by atoms with E-state index in [1.54, 1.807) is 0 Å². The quantitative estimate of drug-likeness (QED) is 0.469. The molecule has 0 aromatic carbocycles. The van der Waals surface area contributed by atoms with Gasteiger partial charge in [-0.25, -0.2) is 9.97 Å². The summed E-state index contributed by atoms with van der Waals surface area (Å²) in [6.07, 6.45) is 8.15. The first-order valence-corrected chi connectivity index (χ1v) is 9.53. The zero-order valence-corrected chi connectivity index (χ0v) is 15.7. The number of aromatic nitrogens is 4. The summed E-state index contributed by atoms with van der Waals surface area (Å²) in [7, 11) is 0. The van der Waals surface area contributed by atoms with Crippen LogP contribution >= 0.6 is 0 Å². The van der Waals surface area contributed by atoms with Crippen LogP contribution in [0.1, 0.15) is 30.6 Å². The molecule has 5 heterocycles. The molecule has 5 rings (SSSR count). The molecule has 3 N–H and O–H groups in total. The lowest BCUT2D eigenvalue weighted by atomic mass is 10.1. The minimum Gasteiger partial charge on any atom is -0.396 e. The first-order valence-electron chi connectivity index (χ1n) is 10.0. The van der Waals surface area contributed by atoms with Crippen LogP contribution in [0.3, 0.4) is 0 Å². The minimum atomic E-state index is 0.0711. The average molecular weight is 381 g/mol. The first-order chi connectivity index (χ1) is 14.7. The van der Waals surface area contributed by atoms with Crippen molar-refractivity contribution in [3.8, 4) is 0 Å². The van der Waals surface area contributed by atoms with Gasteiger partial charge >= 0.3 is 0 Å². The summed E-state index contributed by atoms with van der Waals surface area (Å²) in [5.74, 6) is 0. The number of fused-ring (bicyclic) bond motifs is 8. The molecule has 0 fully saturated rings. The Morgan fingerprint density at radius 2 is 1.45 bits per heavy atom. The molecule has 0 spiro atoms. The molecule has 8 bridgehead atoms. The summed E-state index contributed by atoms with van der Waals surface area (Å²) in [5.41, 5.74) is 7.45. The molecule has 142 valence electrons. The maximum Gasteiger partial charge on any atom is 0.0731 e. The zero-order chi connectivity index (χ0) is 20.5. The number of hydrogen-bond donors (Lipinski definition) is 3. The SMILES string of the molecule is [2H]C1=C(C=CCCO)c2cc3nc(cc4ccc(cc5ccc(cc1n2)[nH]5)[nH]4)C=C3. The van der Waals surface area contributed by atoms with Gasteiger partial charge in [0.1, 0.15) is 0 Å². The van der Waals surface area contributed by atoms with E-state index < -0.39 is 0 Å². The van der Waals surface area contributed by atoms with E-state index in [2.05, 4.69) is 15.0 Å². The fraction of sp³-hybridized carbons (Fsp3) is 0.0833. The highest BCUT2D eigenvalue weighted by molar-refractivity contribution is 5.89. The third-order valence-electron chi connectivity index (χ3n) is 4.70. The van der Waals surface area contributed by atoms with Gasteiger partial charge in [0, 0.05) is 34.2 Å². The van der Waals surface area contributed by atoms with Gasteiger partial charge in [0.15, 0.2) is 0 Å². The van der Waals surface area contributed by atoms with E-state index in [0.717, 1.165) is 39.0 Å². The molecular weight excluding hydrogens is 360 g/mol. The van der Waals surface area contributed by atoms with Crippen molar-refractivity contribution in [1.82, 2.24) is 19.9 Å². The molecular formula is C24H20N4O. The molecule has 3 aromatic heterocycles. The number of aliphatic hydroxyl groups excluding tert-OH is 1. The second kappa shape index (κ2) is 7.37. The van der Waals surface area contributed by atoms with Gasteiger partial charge in [0.2, 0.25) is 0 Å². The van der Waals surface area contributed by atoms with E-state index in [1.807, 2.05) is 72.8 Å². The third-order valence-corrected chi connectivity index (χ3v) is 4.70. The molecule has 3 aromatic rings. The van der Waals surface area contributed by atoms with Gasteiger partial charge in [-0.3, -0.25) is 0 Å². The summed E-state index contributed by atoms with van der Waals surface area (Å²) in [4.78, 5) is 16.1. The van der Waals surface area contributed by atoms with Crippen LogP contribution in [0.4, 0.5) is 0 Å². The lowest BCUT2D eigenvalue weighted by Gasteiger charge is -1.93. The molecule has 0 saturated heterocycles. The molecule has 0 radical (unpaired) electrons. The van der Waals surface area contributed by atoms with Crippen LogP contribution in [0.2, 0.25) is 0 Å². The second-order valence-corrected chi connectivity index (χ2v) is 6.95. The van der Waals surface area contributed by atoms with E-state index in [4.69, 9.17) is 11.5 Å². The van der Waals surface area contributed by atoms with Gasteiger partial charge in [-0.1, -0.05) is 12.2 Å². The summed E-state index contributed by atoms with van der Waals surface area (Å²) in [6, 6.07) is 16.2. The normalized spacial score (nSPS) is 14.0. The van der Waals surface area contributed by atoms with Crippen LogP contribution in [0, 0.1) is 0 Å². The Bertz CT molecular complexity index is 1370. The van der Waals surface area contributed by atoms with Crippen LogP contribution in [0.25, 0.3) is 45.8 Å². The van der Waals surface area contributed by atoms with Crippen molar-refractivity contribution in [2.75, 3.05) is 6.61 Å². The molecule has 2 aliphatic rings. The molecule has 0 unspecified atom stereocenters. The molecule has 0 amide bonds. The van der Waals surface area contributed by atoms with Crippen molar-refractivity contribution >= 4 is 45.8 Å². The van der Waals surface area contributed by atoms with Crippen LogP contribution in [0.15, 0.2) is 60.7 Å². The maximum absolute atomic E-state index is 9.09. The number of nitrogens with zero attached hydrogens (tertiary/aromatic N) is 2. The summed E-state index contributed by atoms with van der Waals surface area (Å²) in [5, 5.41) is 9.09. The molecule has 5 nitrogen and oxygen atoms in total. The molecule has 0 aliphatic carbocycles. The topological polar surface area (TPSA) is 77.6 Å². The zero-order valence-electron chi connectivity index (χ0n) is 16.7. The van der Waals surface area contributed by atoms with Gasteiger partial charge < -0.3 is 15.1 Å². The van der Waals surface area contributed by atoms with Crippen molar-refractivity contribution in [2.24, 2.45) is 0 Å². The first kappa shape index (κ1) is 16.3. The van der Waals surface area contributed by atoms with Gasteiger partial charge in [-0.05, 0) is 73.2 Å². The fourth-order valence-corrected chi connectivity index (χ4v) is 3.37. The average Bonchev–Trinajstić information content (AvgIpc) is 3.50. The Morgan fingerprint density at radius 3 is 2.14 bits per heavy atom. The molecule has 5 heteroatoms. The van der Waals surface area contributed by atoms with Crippen molar-refractivity contribution < 1.29 is 6.48 Å². The molecule has 29 heavy (non-hydrogen) atoms. The van der Waals surface area contributed by atoms with Crippen LogP contribution in [0.5, 0.6) is 0 Å². The molecule has 2 aliphatic heterocycles. The largest absolute Gasteiger partial charge is 0.396 e. The van der Waals surface area contributed by atoms with Crippen LogP contribution in [-0.4, -0.2) is 31.6 Å².